The van der Waals surface area contributed by atoms with Gasteiger partial charge in [0, 0.05) is 5.02 Å². The SMILES string of the molecule is COc1cc(Cl)cc(C(F)(F)F)c1C(N)=O. The van der Waals surface area contributed by atoms with Crippen LogP contribution in [0, 0.1) is 0 Å². The first-order valence-electron chi connectivity index (χ1n) is 4.02. The molecule has 0 saturated heterocycles. The van der Waals surface area contributed by atoms with Crippen LogP contribution >= 0.6 is 11.6 Å². The molecule has 1 amide bonds. The molecule has 7 heteroatoms. The summed E-state index contributed by atoms with van der Waals surface area (Å²) in [5.74, 6) is -1.52. The smallest absolute Gasteiger partial charge is 0.417 e. The minimum absolute atomic E-state index is 0.186. The van der Waals surface area contributed by atoms with Crippen molar-refractivity contribution < 1.29 is 22.7 Å². The molecule has 0 fully saturated rings. The van der Waals surface area contributed by atoms with E-state index < -0.39 is 23.2 Å². The number of hydrogen-bond acceptors (Lipinski definition) is 2. The first kappa shape index (κ1) is 12.6. The van der Waals surface area contributed by atoms with E-state index in [9.17, 15) is 18.0 Å². The lowest BCUT2D eigenvalue weighted by atomic mass is 10.1. The molecule has 1 aromatic carbocycles. The number of methoxy groups -OCH3 is 1. The Morgan fingerprint density at radius 2 is 2.00 bits per heavy atom. The first-order chi connectivity index (χ1) is 7.27. The minimum atomic E-state index is -4.72. The molecule has 1 rings (SSSR count). The number of nitrogens with two attached hydrogens (primary N) is 1. The number of amides is 1. The lowest BCUT2D eigenvalue weighted by molar-refractivity contribution is -0.138. The van der Waals surface area contributed by atoms with Gasteiger partial charge in [-0.25, -0.2) is 0 Å². The van der Waals surface area contributed by atoms with Crippen molar-refractivity contribution in [3.63, 3.8) is 0 Å². The highest BCUT2D eigenvalue weighted by molar-refractivity contribution is 6.31. The van der Waals surface area contributed by atoms with Gasteiger partial charge in [0.15, 0.2) is 0 Å². The van der Waals surface area contributed by atoms with E-state index in [1.165, 1.54) is 0 Å². The number of halogens is 4. The highest BCUT2D eigenvalue weighted by Gasteiger charge is 2.37. The van der Waals surface area contributed by atoms with E-state index in [0.717, 1.165) is 13.2 Å². The van der Waals surface area contributed by atoms with Crippen LogP contribution in [0.4, 0.5) is 13.2 Å². The van der Waals surface area contributed by atoms with Gasteiger partial charge in [0.05, 0.1) is 18.2 Å². The molecule has 1 aromatic rings. The van der Waals surface area contributed by atoms with E-state index in [1.807, 2.05) is 0 Å². The van der Waals surface area contributed by atoms with E-state index in [-0.39, 0.29) is 10.8 Å². The molecular formula is C9H7ClF3NO2. The summed E-state index contributed by atoms with van der Waals surface area (Å²) in [5.41, 5.74) is 2.95. The number of ether oxygens (including phenoxy) is 1. The van der Waals surface area contributed by atoms with Crippen molar-refractivity contribution in [3.8, 4) is 5.75 Å². The summed E-state index contributed by atoms with van der Waals surface area (Å²) >= 11 is 5.48. The normalized spacial score (nSPS) is 11.3. The maximum absolute atomic E-state index is 12.6. The first-order valence-corrected chi connectivity index (χ1v) is 4.39. The molecule has 0 aliphatic rings. The molecule has 0 atom stereocenters. The highest BCUT2D eigenvalue weighted by Crippen LogP contribution is 2.38. The molecule has 0 saturated carbocycles. The average molecular weight is 254 g/mol. The van der Waals surface area contributed by atoms with Crippen molar-refractivity contribution in [2.75, 3.05) is 7.11 Å². The topological polar surface area (TPSA) is 52.3 Å². The molecule has 0 bridgehead atoms. The van der Waals surface area contributed by atoms with Crippen molar-refractivity contribution in [3.05, 3.63) is 28.3 Å². The zero-order chi connectivity index (χ0) is 12.5. The molecule has 0 aliphatic heterocycles. The predicted molar refractivity (Wildman–Crippen MR) is 51.5 cm³/mol. The Kier molecular flexibility index (Phi) is 3.32. The molecule has 88 valence electrons. The molecule has 16 heavy (non-hydrogen) atoms. The van der Waals surface area contributed by atoms with E-state index in [0.29, 0.717) is 6.07 Å². The zero-order valence-electron chi connectivity index (χ0n) is 8.06. The molecule has 0 spiro atoms. The van der Waals surface area contributed by atoms with Gasteiger partial charge in [-0.05, 0) is 12.1 Å². The Balaban J connectivity index is 3.57. The number of carbonyl (C=O) groups is 1. The number of rotatable bonds is 2. The Morgan fingerprint density at radius 3 is 2.38 bits per heavy atom. The van der Waals surface area contributed by atoms with Gasteiger partial charge in [0.1, 0.15) is 5.75 Å². The summed E-state index contributed by atoms with van der Waals surface area (Å²) in [6, 6.07) is 1.72. The maximum atomic E-state index is 12.6. The van der Waals surface area contributed by atoms with Gasteiger partial charge in [0.2, 0.25) is 0 Å². The molecule has 3 nitrogen and oxygen atoms in total. The van der Waals surface area contributed by atoms with E-state index in [1.54, 1.807) is 0 Å². The molecule has 0 aliphatic carbocycles. The highest BCUT2D eigenvalue weighted by atomic mass is 35.5. The lowest BCUT2D eigenvalue weighted by Gasteiger charge is -2.14. The van der Waals surface area contributed by atoms with Crippen LogP contribution in [-0.4, -0.2) is 13.0 Å². The number of hydrogen-bond donors (Lipinski definition) is 1. The molecule has 0 aromatic heterocycles. The fraction of sp³-hybridized carbons (Fsp3) is 0.222. The molecule has 0 radical (unpaired) electrons. The number of primary amides is 1. The maximum Gasteiger partial charge on any atom is 0.417 e. The molecule has 0 unspecified atom stereocenters. The molecule has 2 N–H and O–H groups in total. The van der Waals surface area contributed by atoms with E-state index >= 15 is 0 Å². The van der Waals surface area contributed by atoms with Gasteiger partial charge in [-0.2, -0.15) is 13.2 Å². The van der Waals surface area contributed by atoms with E-state index in [2.05, 4.69) is 4.74 Å². The zero-order valence-corrected chi connectivity index (χ0v) is 8.82. The van der Waals surface area contributed by atoms with Crippen LogP contribution in [0.2, 0.25) is 5.02 Å². The Bertz CT molecular complexity index is 431. The van der Waals surface area contributed by atoms with Crippen molar-refractivity contribution in [1.82, 2.24) is 0 Å². The largest absolute Gasteiger partial charge is 0.496 e. The van der Waals surface area contributed by atoms with Crippen LogP contribution in [-0.2, 0) is 6.18 Å². The summed E-state index contributed by atoms with van der Waals surface area (Å²) < 4.78 is 42.4. The summed E-state index contributed by atoms with van der Waals surface area (Å²) in [4.78, 5) is 11.0. The Hall–Kier alpha value is -1.43. The van der Waals surface area contributed by atoms with Crippen LogP contribution in [0.1, 0.15) is 15.9 Å². The number of carbonyl (C=O) groups excluding carboxylic acids is 1. The van der Waals surface area contributed by atoms with Gasteiger partial charge in [-0.1, -0.05) is 11.6 Å². The second-order valence-corrected chi connectivity index (χ2v) is 3.33. The van der Waals surface area contributed by atoms with Crippen LogP contribution in [0.25, 0.3) is 0 Å². The summed E-state index contributed by atoms with van der Waals surface area (Å²) in [5, 5.41) is -0.186. The average Bonchev–Trinajstić information content (AvgIpc) is 2.14. The fourth-order valence-electron chi connectivity index (χ4n) is 1.22. The van der Waals surface area contributed by atoms with Crippen LogP contribution < -0.4 is 10.5 Å². The second-order valence-electron chi connectivity index (χ2n) is 2.89. The number of alkyl halides is 3. The van der Waals surface area contributed by atoms with Gasteiger partial charge in [-0.3, -0.25) is 4.79 Å². The Morgan fingerprint density at radius 1 is 1.44 bits per heavy atom. The summed E-state index contributed by atoms with van der Waals surface area (Å²) in [6.45, 7) is 0. The third-order valence-electron chi connectivity index (χ3n) is 1.84. The fourth-order valence-corrected chi connectivity index (χ4v) is 1.43. The number of benzene rings is 1. The predicted octanol–water partition coefficient (Wildman–Crippen LogP) is 2.47. The molecular weight excluding hydrogens is 247 g/mol. The lowest BCUT2D eigenvalue weighted by Crippen LogP contribution is -2.20. The minimum Gasteiger partial charge on any atom is -0.496 e. The van der Waals surface area contributed by atoms with Gasteiger partial charge >= 0.3 is 6.18 Å². The van der Waals surface area contributed by atoms with Crippen molar-refractivity contribution in [2.24, 2.45) is 5.73 Å². The Labute approximate surface area is 93.9 Å². The van der Waals surface area contributed by atoms with Gasteiger partial charge in [-0.15, -0.1) is 0 Å². The quantitative estimate of drug-likeness (QED) is 0.880. The standard InChI is InChI=1S/C9H7ClF3NO2/c1-16-6-3-4(10)2-5(9(11,12)13)7(6)8(14)15/h2-3H,1H3,(H2,14,15). The van der Waals surface area contributed by atoms with Crippen molar-refractivity contribution >= 4 is 17.5 Å². The summed E-state index contributed by atoms with van der Waals surface area (Å²) in [7, 11) is 1.12. The van der Waals surface area contributed by atoms with Gasteiger partial charge in [0.25, 0.3) is 5.91 Å². The summed E-state index contributed by atoms with van der Waals surface area (Å²) in [6.07, 6.45) is -4.72. The van der Waals surface area contributed by atoms with Crippen molar-refractivity contribution in [1.29, 1.82) is 0 Å². The van der Waals surface area contributed by atoms with Crippen LogP contribution in [0.3, 0.4) is 0 Å². The van der Waals surface area contributed by atoms with Crippen LogP contribution in [0.5, 0.6) is 5.75 Å². The third-order valence-corrected chi connectivity index (χ3v) is 2.06. The second kappa shape index (κ2) is 4.21. The van der Waals surface area contributed by atoms with Gasteiger partial charge < -0.3 is 10.5 Å². The monoisotopic (exact) mass is 253 g/mol. The third kappa shape index (κ3) is 2.38. The van der Waals surface area contributed by atoms with Crippen molar-refractivity contribution in [2.45, 2.75) is 6.18 Å². The molecule has 0 heterocycles. The van der Waals surface area contributed by atoms with E-state index in [4.69, 9.17) is 17.3 Å². The van der Waals surface area contributed by atoms with Crippen LogP contribution in [0.15, 0.2) is 12.1 Å².